The minimum atomic E-state index is -3.75. The molecule has 0 atom stereocenters. The van der Waals surface area contributed by atoms with Crippen LogP contribution in [0.1, 0.15) is 28.8 Å². The Morgan fingerprint density at radius 2 is 1.84 bits per heavy atom. The largest absolute Gasteiger partial charge is 0.339 e. The first kappa shape index (κ1) is 17.8. The van der Waals surface area contributed by atoms with E-state index in [0.717, 1.165) is 25.9 Å². The van der Waals surface area contributed by atoms with E-state index in [9.17, 15) is 13.2 Å². The molecule has 5 nitrogen and oxygen atoms in total. The predicted octanol–water partition coefficient (Wildman–Crippen LogP) is 3.69. The highest BCUT2D eigenvalue weighted by Gasteiger charge is 2.20. The van der Waals surface area contributed by atoms with E-state index in [1.165, 1.54) is 12.1 Å². The van der Waals surface area contributed by atoms with E-state index in [1.807, 2.05) is 0 Å². The van der Waals surface area contributed by atoms with E-state index in [2.05, 4.69) is 4.72 Å². The number of amides is 1. The van der Waals surface area contributed by atoms with E-state index in [0.29, 0.717) is 21.8 Å². The lowest BCUT2D eigenvalue weighted by atomic mass is 10.2. The first-order valence-corrected chi connectivity index (χ1v) is 9.91. The molecule has 0 unspecified atom stereocenters. The van der Waals surface area contributed by atoms with Crippen LogP contribution in [0.15, 0.2) is 47.4 Å². The Morgan fingerprint density at radius 1 is 1.12 bits per heavy atom. The number of benzene rings is 2. The zero-order valence-electron chi connectivity index (χ0n) is 13.8. The second-order valence-corrected chi connectivity index (χ2v) is 8.19. The molecule has 1 fully saturated rings. The smallest absolute Gasteiger partial charge is 0.261 e. The zero-order chi connectivity index (χ0) is 18.0. The normalized spacial score (nSPS) is 14.6. The number of halogens is 1. The summed E-state index contributed by atoms with van der Waals surface area (Å²) < 4.78 is 27.6. The highest BCUT2D eigenvalue weighted by Crippen LogP contribution is 2.23. The first-order chi connectivity index (χ1) is 11.9. The molecule has 7 heteroatoms. The van der Waals surface area contributed by atoms with Gasteiger partial charge in [0, 0.05) is 29.4 Å². The molecule has 0 aliphatic carbocycles. The summed E-state index contributed by atoms with van der Waals surface area (Å²) >= 11 is 5.95. The molecule has 0 aromatic heterocycles. The highest BCUT2D eigenvalue weighted by atomic mass is 35.5. The number of sulfonamides is 1. The van der Waals surface area contributed by atoms with E-state index in [-0.39, 0.29) is 10.8 Å². The van der Waals surface area contributed by atoms with Crippen LogP contribution in [0, 0.1) is 6.92 Å². The number of carbonyl (C=O) groups excluding carboxylic acids is 1. The molecule has 1 aliphatic heterocycles. The highest BCUT2D eigenvalue weighted by molar-refractivity contribution is 7.92. The van der Waals surface area contributed by atoms with Crippen molar-refractivity contribution < 1.29 is 13.2 Å². The van der Waals surface area contributed by atoms with E-state index >= 15 is 0 Å². The maximum atomic E-state index is 12.6. The molecule has 2 aromatic carbocycles. The molecular weight excluding hydrogens is 360 g/mol. The lowest BCUT2D eigenvalue weighted by molar-refractivity contribution is 0.0793. The van der Waals surface area contributed by atoms with Crippen molar-refractivity contribution in [3.63, 3.8) is 0 Å². The van der Waals surface area contributed by atoms with Gasteiger partial charge in [-0.2, -0.15) is 0 Å². The molecule has 25 heavy (non-hydrogen) atoms. The van der Waals surface area contributed by atoms with Gasteiger partial charge in [0.05, 0.1) is 4.90 Å². The average molecular weight is 379 g/mol. The number of carbonyl (C=O) groups is 1. The van der Waals surface area contributed by atoms with Crippen LogP contribution >= 0.6 is 11.6 Å². The molecule has 132 valence electrons. The Labute approximate surface area is 152 Å². The standard InChI is InChI=1S/C18H19ClN2O3S/c1-13-11-16(7-8-17(13)19)25(23,24)20-15-6-4-5-14(12-15)18(22)21-9-2-3-10-21/h4-8,11-12,20H,2-3,9-10H2,1H3. The van der Waals surface area contributed by atoms with E-state index in [1.54, 1.807) is 42.2 Å². The minimum absolute atomic E-state index is 0.0686. The van der Waals surface area contributed by atoms with Crippen LogP contribution in [0.5, 0.6) is 0 Å². The molecule has 0 saturated carbocycles. The Morgan fingerprint density at radius 3 is 2.52 bits per heavy atom. The third kappa shape index (κ3) is 3.96. The van der Waals surface area contributed by atoms with Gasteiger partial charge in [0.25, 0.3) is 15.9 Å². The van der Waals surface area contributed by atoms with Crippen LogP contribution in [-0.2, 0) is 10.0 Å². The van der Waals surface area contributed by atoms with Crippen molar-refractivity contribution in [2.75, 3.05) is 17.8 Å². The van der Waals surface area contributed by atoms with Gasteiger partial charge in [0.2, 0.25) is 0 Å². The number of nitrogens with one attached hydrogen (secondary N) is 1. The molecule has 2 aromatic rings. The Bertz CT molecular complexity index is 906. The molecule has 0 radical (unpaired) electrons. The molecule has 3 rings (SSSR count). The van der Waals surface area contributed by atoms with Gasteiger partial charge >= 0.3 is 0 Å². The Hall–Kier alpha value is -2.05. The number of hydrogen-bond acceptors (Lipinski definition) is 3. The number of rotatable bonds is 4. The summed E-state index contributed by atoms with van der Waals surface area (Å²) in [6.07, 6.45) is 2.02. The Balaban J connectivity index is 1.83. The fourth-order valence-corrected chi connectivity index (χ4v) is 4.07. The van der Waals surface area contributed by atoms with Crippen molar-refractivity contribution in [1.82, 2.24) is 4.90 Å². The predicted molar refractivity (Wildman–Crippen MR) is 98.6 cm³/mol. The summed E-state index contributed by atoms with van der Waals surface area (Å²) in [5.74, 6) is -0.0686. The van der Waals surface area contributed by atoms with Gasteiger partial charge in [-0.15, -0.1) is 0 Å². The third-order valence-electron chi connectivity index (χ3n) is 4.19. The first-order valence-electron chi connectivity index (χ1n) is 8.05. The molecule has 0 spiro atoms. The number of hydrogen-bond donors (Lipinski definition) is 1. The van der Waals surface area contributed by atoms with Crippen LogP contribution < -0.4 is 4.72 Å². The molecule has 1 aliphatic rings. The molecule has 0 bridgehead atoms. The maximum absolute atomic E-state index is 12.6. The van der Waals surface area contributed by atoms with Gasteiger partial charge < -0.3 is 4.90 Å². The van der Waals surface area contributed by atoms with Crippen molar-refractivity contribution >= 4 is 33.2 Å². The molecule has 1 amide bonds. The summed E-state index contributed by atoms with van der Waals surface area (Å²) in [5, 5.41) is 0.511. The number of aryl methyl sites for hydroxylation is 1. The quantitative estimate of drug-likeness (QED) is 0.882. The number of nitrogens with zero attached hydrogens (tertiary/aromatic N) is 1. The summed E-state index contributed by atoms with van der Waals surface area (Å²) in [6, 6.07) is 11.1. The fraction of sp³-hybridized carbons (Fsp3) is 0.278. The summed E-state index contributed by atoms with van der Waals surface area (Å²) in [6.45, 7) is 3.24. The SMILES string of the molecule is Cc1cc(S(=O)(=O)Nc2cccc(C(=O)N3CCCC3)c2)ccc1Cl. The third-order valence-corrected chi connectivity index (χ3v) is 6.00. The second-order valence-electron chi connectivity index (χ2n) is 6.10. The van der Waals surface area contributed by atoms with E-state index in [4.69, 9.17) is 11.6 Å². The fourth-order valence-electron chi connectivity index (χ4n) is 2.82. The van der Waals surface area contributed by atoms with Gasteiger partial charge in [0.1, 0.15) is 0 Å². The topological polar surface area (TPSA) is 66.5 Å². The number of likely N-dealkylation sites (tertiary alicyclic amines) is 1. The van der Waals surface area contributed by atoms with Gasteiger partial charge in [0.15, 0.2) is 0 Å². The average Bonchev–Trinajstić information content (AvgIpc) is 3.11. The second kappa shape index (κ2) is 7.06. The van der Waals surface area contributed by atoms with Crippen LogP contribution in [0.3, 0.4) is 0 Å². The molecule has 1 N–H and O–H groups in total. The molecule has 1 saturated heterocycles. The Kier molecular flexibility index (Phi) is 5.01. The summed E-state index contributed by atoms with van der Waals surface area (Å²) in [7, 11) is -3.75. The van der Waals surface area contributed by atoms with Gasteiger partial charge in [-0.25, -0.2) is 8.42 Å². The van der Waals surface area contributed by atoms with Crippen molar-refractivity contribution in [3.05, 3.63) is 58.6 Å². The number of anilines is 1. The molecular formula is C18H19ClN2O3S. The van der Waals surface area contributed by atoms with Gasteiger partial charge in [-0.05, 0) is 61.7 Å². The lowest BCUT2D eigenvalue weighted by Gasteiger charge is -2.16. The van der Waals surface area contributed by atoms with Gasteiger partial charge in [-0.3, -0.25) is 9.52 Å². The monoisotopic (exact) mass is 378 g/mol. The van der Waals surface area contributed by atoms with Crippen LogP contribution in [0.4, 0.5) is 5.69 Å². The van der Waals surface area contributed by atoms with Crippen LogP contribution in [0.25, 0.3) is 0 Å². The van der Waals surface area contributed by atoms with Crippen molar-refractivity contribution in [2.24, 2.45) is 0 Å². The minimum Gasteiger partial charge on any atom is -0.339 e. The van der Waals surface area contributed by atoms with Gasteiger partial charge in [-0.1, -0.05) is 17.7 Å². The van der Waals surface area contributed by atoms with E-state index < -0.39 is 10.0 Å². The van der Waals surface area contributed by atoms with Crippen LogP contribution in [0.2, 0.25) is 5.02 Å². The van der Waals surface area contributed by atoms with Crippen molar-refractivity contribution in [2.45, 2.75) is 24.7 Å². The molecule has 1 heterocycles. The van der Waals surface area contributed by atoms with Crippen molar-refractivity contribution in [1.29, 1.82) is 0 Å². The van der Waals surface area contributed by atoms with Crippen LogP contribution in [-0.4, -0.2) is 32.3 Å². The zero-order valence-corrected chi connectivity index (χ0v) is 15.4. The van der Waals surface area contributed by atoms with Crippen molar-refractivity contribution in [3.8, 4) is 0 Å². The summed E-state index contributed by atoms with van der Waals surface area (Å²) in [5.41, 5.74) is 1.52. The summed E-state index contributed by atoms with van der Waals surface area (Å²) in [4.78, 5) is 14.4. The lowest BCUT2D eigenvalue weighted by Crippen LogP contribution is -2.27. The maximum Gasteiger partial charge on any atom is 0.261 e.